The average molecular weight is 258 g/mol. The number of aryl methyl sites for hydroxylation is 1. The maximum absolute atomic E-state index is 12.2. The molecule has 19 heavy (non-hydrogen) atoms. The van der Waals surface area contributed by atoms with Crippen LogP contribution in [0.1, 0.15) is 40.9 Å². The topological polar surface area (TPSA) is 63.6 Å². The summed E-state index contributed by atoms with van der Waals surface area (Å²) in [6.45, 7) is 5.09. The molecule has 0 radical (unpaired) electrons. The molecule has 0 saturated carbocycles. The highest BCUT2D eigenvalue weighted by atomic mass is 16.5. The van der Waals surface area contributed by atoms with E-state index in [0.717, 1.165) is 5.56 Å². The van der Waals surface area contributed by atoms with E-state index < -0.39 is 17.2 Å². The first-order chi connectivity index (χ1) is 8.84. The number of carbonyl (C=O) groups excluding carboxylic acids is 2. The van der Waals surface area contributed by atoms with E-state index in [4.69, 9.17) is 4.74 Å². The van der Waals surface area contributed by atoms with Gasteiger partial charge in [0.05, 0.1) is 0 Å². The van der Waals surface area contributed by atoms with E-state index in [1.165, 1.54) is 0 Å². The van der Waals surface area contributed by atoms with E-state index in [-0.39, 0.29) is 6.61 Å². The van der Waals surface area contributed by atoms with Gasteiger partial charge in [-0.15, -0.1) is 0 Å². The SMILES string of the molecule is CC1=C2OC[C@](C)(O)c3ccc(C)c(c32)C(=O)C1=O. The van der Waals surface area contributed by atoms with Crippen molar-refractivity contribution in [3.63, 3.8) is 0 Å². The Morgan fingerprint density at radius 1 is 1.16 bits per heavy atom. The van der Waals surface area contributed by atoms with Crippen molar-refractivity contribution >= 4 is 17.3 Å². The van der Waals surface area contributed by atoms with Crippen LogP contribution in [-0.2, 0) is 15.1 Å². The fourth-order valence-corrected chi connectivity index (χ4v) is 2.73. The van der Waals surface area contributed by atoms with Gasteiger partial charge in [-0.1, -0.05) is 12.1 Å². The summed E-state index contributed by atoms with van der Waals surface area (Å²) in [5, 5.41) is 10.4. The van der Waals surface area contributed by atoms with Gasteiger partial charge in [0.25, 0.3) is 0 Å². The predicted molar refractivity (Wildman–Crippen MR) is 68.6 cm³/mol. The third-order valence-electron chi connectivity index (χ3n) is 3.83. The summed E-state index contributed by atoms with van der Waals surface area (Å²) in [7, 11) is 0. The molecule has 0 bridgehead atoms. The third-order valence-corrected chi connectivity index (χ3v) is 3.83. The Bertz CT molecular complexity index is 665. The van der Waals surface area contributed by atoms with Crippen molar-refractivity contribution in [3.8, 4) is 0 Å². The fraction of sp³-hybridized carbons (Fsp3) is 0.333. The Hall–Kier alpha value is -1.94. The highest BCUT2D eigenvalue weighted by Gasteiger charge is 2.42. The quantitative estimate of drug-likeness (QED) is 0.720. The standard InChI is InChI=1S/C15H14O4/c1-7-4-5-9-11-10(7)13(17)12(16)8(2)14(11)19-6-15(9,3)18/h4-5,18H,6H2,1-3H3/t15-/m0/s1. The van der Waals surface area contributed by atoms with E-state index in [1.807, 2.05) is 0 Å². The molecule has 0 spiro atoms. The van der Waals surface area contributed by atoms with Gasteiger partial charge >= 0.3 is 0 Å². The van der Waals surface area contributed by atoms with Crippen molar-refractivity contribution < 1.29 is 19.4 Å². The lowest BCUT2D eigenvalue weighted by molar-refractivity contribution is -0.112. The number of allylic oxidation sites excluding steroid dienone is 1. The highest BCUT2D eigenvalue weighted by Crippen LogP contribution is 2.42. The number of benzene rings is 1. The van der Waals surface area contributed by atoms with E-state index in [0.29, 0.717) is 28.0 Å². The molecule has 0 unspecified atom stereocenters. The maximum Gasteiger partial charge on any atom is 0.234 e. The molecule has 1 aromatic carbocycles. The van der Waals surface area contributed by atoms with Gasteiger partial charge in [0.2, 0.25) is 11.6 Å². The van der Waals surface area contributed by atoms with Gasteiger partial charge in [0.15, 0.2) is 0 Å². The number of rotatable bonds is 0. The molecule has 1 aliphatic heterocycles. The summed E-state index contributed by atoms with van der Waals surface area (Å²) in [4.78, 5) is 24.1. The maximum atomic E-state index is 12.2. The van der Waals surface area contributed by atoms with Gasteiger partial charge in [-0.2, -0.15) is 0 Å². The van der Waals surface area contributed by atoms with Gasteiger partial charge in [-0.25, -0.2) is 0 Å². The first-order valence-corrected chi connectivity index (χ1v) is 6.14. The number of carbonyl (C=O) groups is 2. The van der Waals surface area contributed by atoms with Crippen molar-refractivity contribution in [2.24, 2.45) is 0 Å². The van der Waals surface area contributed by atoms with Crippen LogP contribution in [0.5, 0.6) is 0 Å². The Labute approximate surface area is 110 Å². The number of ketones is 2. The normalized spacial score (nSPS) is 25.3. The monoisotopic (exact) mass is 258 g/mol. The zero-order valence-corrected chi connectivity index (χ0v) is 11.0. The van der Waals surface area contributed by atoms with Crippen molar-refractivity contribution in [1.29, 1.82) is 0 Å². The summed E-state index contributed by atoms with van der Waals surface area (Å²) in [6.07, 6.45) is 0. The van der Waals surface area contributed by atoms with Crippen molar-refractivity contribution in [3.05, 3.63) is 40.0 Å². The number of Topliss-reactive ketones (excluding diaryl/α,β-unsaturated/α-hetero) is 2. The van der Waals surface area contributed by atoms with Gasteiger partial charge in [0.1, 0.15) is 18.0 Å². The van der Waals surface area contributed by atoms with Crippen LogP contribution in [0.15, 0.2) is 17.7 Å². The molecule has 1 heterocycles. The molecule has 1 atom stereocenters. The number of hydrogen-bond acceptors (Lipinski definition) is 4. The second kappa shape index (κ2) is 3.54. The number of aliphatic hydroxyl groups is 1. The van der Waals surface area contributed by atoms with Gasteiger partial charge in [-0.3, -0.25) is 9.59 Å². The van der Waals surface area contributed by atoms with Crippen LogP contribution in [0, 0.1) is 6.92 Å². The summed E-state index contributed by atoms with van der Waals surface area (Å²) >= 11 is 0. The van der Waals surface area contributed by atoms with Crippen LogP contribution >= 0.6 is 0 Å². The Morgan fingerprint density at radius 3 is 2.53 bits per heavy atom. The van der Waals surface area contributed by atoms with E-state index in [9.17, 15) is 14.7 Å². The van der Waals surface area contributed by atoms with Gasteiger partial charge < -0.3 is 9.84 Å². The largest absolute Gasteiger partial charge is 0.489 e. The fourth-order valence-electron chi connectivity index (χ4n) is 2.73. The lowest BCUT2D eigenvalue weighted by Gasteiger charge is -2.36. The Kier molecular flexibility index (Phi) is 2.26. The lowest BCUT2D eigenvalue weighted by Crippen LogP contribution is -2.37. The van der Waals surface area contributed by atoms with Gasteiger partial charge in [0, 0.05) is 16.7 Å². The molecule has 1 aromatic rings. The zero-order chi connectivity index (χ0) is 13.9. The number of hydrogen-bond donors (Lipinski definition) is 1. The second-order valence-electron chi connectivity index (χ2n) is 5.35. The third kappa shape index (κ3) is 1.43. The predicted octanol–water partition coefficient (Wildman–Crippen LogP) is 1.73. The molecule has 0 saturated heterocycles. The van der Waals surface area contributed by atoms with Crippen molar-refractivity contribution in [1.82, 2.24) is 0 Å². The molecular weight excluding hydrogens is 244 g/mol. The lowest BCUT2D eigenvalue weighted by atomic mass is 9.78. The van der Waals surface area contributed by atoms with E-state index >= 15 is 0 Å². The molecule has 1 N–H and O–H groups in total. The molecule has 1 aliphatic carbocycles. The minimum absolute atomic E-state index is 0.0800. The van der Waals surface area contributed by atoms with E-state index in [2.05, 4.69) is 0 Å². The molecule has 4 heteroatoms. The van der Waals surface area contributed by atoms with Crippen LogP contribution in [0.3, 0.4) is 0 Å². The number of ether oxygens (including phenoxy) is 1. The van der Waals surface area contributed by atoms with Crippen LogP contribution in [-0.4, -0.2) is 23.3 Å². The van der Waals surface area contributed by atoms with Crippen LogP contribution in [0.25, 0.3) is 5.76 Å². The first-order valence-electron chi connectivity index (χ1n) is 6.14. The molecule has 0 amide bonds. The summed E-state index contributed by atoms with van der Waals surface area (Å²) in [6, 6.07) is 3.56. The van der Waals surface area contributed by atoms with Crippen molar-refractivity contribution in [2.45, 2.75) is 26.4 Å². The highest BCUT2D eigenvalue weighted by molar-refractivity contribution is 6.52. The van der Waals surface area contributed by atoms with Crippen LogP contribution < -0.4 is 0 Å². The zero-order valence-electron chi connectivity index (χ0n) is 11.0. The molecule has 4 nitrogen and oxygen atoms in total. The summed E-state index contributed by atoms with van der Waals surface area (Å²) < 4.78 is 5.54. The molecular formula is C15H14O4. The van der Waals surface area contributed by atoms with Crippen LogP contribution in [0.2, 0.25) is 0 Å². The Balaban J connectivity index is 2.46. The smallest absolute Gasteiger partial charge is 0.234 e. The first kappa shape index (κ1) is 12.1. The molecule has 3 rings (SSSR count). The van der Waals surface area contributed by atoms with Crippen LogP contribution in [0.4, 0.5) is 0 Å². The molecule has 0 fully saturated rings. The summed E-state index contributed by atoms with van der Waals surface area (Å²) in [5.74, 6) is -0.606. The van der Waals surface area contributed by atoms with E-state index in [1.54, 1.807) is 32.9 Å². The Morgan fingerprint density at radius 2 is 1.84 bits per heavy atom. The molecule has 2 aliphatic rings. The minimum Gasteiger partial charge on any atom is -0.489 e. The molecule has 98 valence electrons. The second-order valence-corrected chi connectivity index (χ2v) is 5.35. The van der Waals surface area contributed by atoms with Crippen molar-refractivity contribution in [2.75, 3.05) is 6.61 Å². The summed E-state index contributed by atoms with van der Waals surface area (Å²) in [5.41, 5.74) is 1.49. The molecule has 0 aromatic heterocycles. The minimum atomic E-state index is -1.15. The average Bonchev–Trinajstić information content (AvgIpc) is 2.35. The van der Waals surface area contributed by atoms with Gasteiger partial charge in [-0.05, 0) is 31.9 Å².